The predicted molar refractivity (Wildman–Crippen MR) is 51.8 cm³/mol. The first kappa shape index (κ1) is 8.99. The van der Waals surface area contributed by atoms with Crippen LogP contribution < -0.4 is 5.73 Å². The molecular weight excluding hydrogens is 183 g/mol. The number of aliphatic imine (C=N–C) groups is 1. The Labute approximate surface area is 81.1 Å². The van der Waals surface area contributed by atoms with Crippen molar-refractivity contribution in [2.45, 2.75) is 18.9 Å². The molecule has 1 aliphatic rings. The highest BCUT2D eigenvalue weighted by atomic mass is 19.1. The second-order valence-electron chi connectivity index (χ2n) is 3.41. The quantitative estimate of drug-likeness (QED) is 0.552. The lowest BCUT2D eigenvalue weighted by atomic mass is 10.2. The highest BCUT2D eigenvalue weighted by Crippen LogP contribution is 2.24. The highest BCUT2D eigenvalue weighted by Gasteiger charge is 2.20. The fourth-order valence-electron chi connectivity index (χ4n) is 1.14. The number of aromatic hydroxyl groups is 1. The SMILES string of the molecule is NC(=NC1CC1)c1ccc(O)c(F)c1. The minimum Gasteiger partial charge on any atom is -0.505 e. The van der Waals surface area contributed by atoms with Crippen molar-refractivity contribution in [3.8, 4) is 5.75 Å². The summed E-state index contributed by atoms with van der Waals surface area (Å²) in [6.07, 6.45) is 2.11. The minimum absolute atomic E-state index is 0.312. The lowest BCUT2D eigenvalue weighted by Crippen LogP contribution is -2.14. The summed E-state index contributed by atoms with van der Waals surface area (Å²) in [6, 6.07) is 4.34. The Bertz CT molecular complexity index is 386. The summed E-state index contributed by atoms with van der Waals surface area (Å²) < 4.78 is 12.9. The Kier molecular flexibility index (Phi) is 2.11. The maximum atomic E-state index is 12.9. The van der Waals surface area contributed by atoms with Gasteiger partial charge < -0.3 is 10.8 Å². The Morgan fingerprint density at radius 3 is 2.79 bits per heavy atom. The van der Waals surface area contributed by atoms with Gasteiger partial charge in [0.25, 0.3) is 0 Å². The van der Waals surface area contributed by atoms with Crippen LogP contribution in [0.1, 0.15) is 18.4 Å². The molecule has 0 radical (unpaired) electrons. The third-order valence-corrected chi connectivity index (χ3v) is 2.11. The lowest BCUT2D eigenvalue weighted by Gasteiger charge is -2.01. The van der Waals surface area contributed by atoms with Gasteiger partial charge in [-0.25, -0.2) is 4.39 Å². The van der Waals surface area contributed by atoms with Crippen molar-refractivity contribution in [2.24, 2.45) is 10.7 Å². The molecule has 3 nitrogen and oxygen atoms in total. The third kappa shape index (κ3) is 1.84. The van der Waals surface area contributed by atoms with E-state index in [0.29, 0.717) is 17.4 Å². The molecule has 0 bridgehead atoms. The maximum Gasteiger partial charge on any atom is 0.165 e. The van der Waals surface area contributed by atoms with Crippen LogP contribution in [0.15, 0.2) is 23.2 Å². The summed E-state index contributed by atoms with van der Waals surface area (Å²) in [4.78, 5) is 4.18. The minimum atomic E-state index is -0.670. The van der Waals surface area contributed by atoms with E-state index in [2.05, 4.69) is 4.99 Å². The zero-order valence-electron chi connectivity index (χ0n) is 7.57. The Morgan fingerprint density at radius 1 is 1.50 bits per heavy atom. The van der Waals surface area contributed by atoms with Crippen molar-refractivity contribution in [3.63, 3.8) is 0 Å². The van der Waals surface area contributed by atoms with Gasteiger partial charge in [-0.1, -0.05) is 0 Å². The number of amidine groups is 1. The van der Waals surface area contributed by atoms with Crippen molar-refractivity contribution >= 4 is 5.84 Å². The smallest absolute Gasteiger partial charge is 0.165 e. The van der Waals surface area contributed by atoms with Crippen LogP contribution in [0.2, 0.25) is 0 Å². The second kappa shape index (κ2) is 3.29. The average molecular weight is 194 g/mol. The molecule has 3 N–H and O–H groups in total. The van der Waals surface area contributed by atoms with E-state index in [0.717, 1.165) is 12.8 Å². The summed E-state index contributed by atoms with van der Waals surface area (Å²) in [6.45, 7) is 0. The monoisotopic (exact) mass is 194 g/mol. The number of rotatable bonds is 2. The van der Waals surface area contributed by atoms with Gasteiger partial charge in [-0.3, -0.25) is 4.99 Å². The molecule has 0 heterocycles. The molecule has 0 spiro atoms. The fraction of sp³-hybridized carbons (Fsp3) is 0.300. The van der Waals surface area contributed by atoms with Crippen LogP contribution in [0.25, 0.3) is 0 Å². The molecule has 0 amide bonds. The van der Waals surface area contributed by atoms with E-state index in [1.165, 1.54) is 12.1 Å². The summed E-state index contributed by atoms with van der Waals surface area (Å²) in [5, 5.41) is 8.96. The van der Waals surface area contributed by atoms with Crippen LogP contribution in [0.5, 0.6) is 5.75 Å². The number of phenols is 1. The molecule has 0 aliphatic heterocycles. The largest absolute Gasteiger partial charge is 0.505 e. The maximum absolute atomic E-state index is 12.9. The van der Waals surface area contributed by atoms with Gasteiger partial charge in [-0.05, 0) is 31.0 Å². The number of phenolic OH excluding ortho intramolecular Hbond substituents is 1. The topological polar surface area (TPSA) is 58.6 Å². The number of nitrogens with two attached hydrogens (primary N) is 1. The standard InChI is InChI=1S/C10H11FN2O/c11-8-5-6(1-4-9(8)14)10(12)13-7-2-3-7/h1,4-5,7,14H,2-3H2,(H2,12,13). The van der Waals surface area contributed by atoms with Gasteiger partial charge in [-0.2, -0.15) is 0 Å². The lowest BCUT2D eigenvalue weighted by molar-refractivity contribution is 0.432. The van der Waals surface area contributed by atoms with E-state index in [9.17, 15) is 4.39 Å². The summed E-state index contributed by atoms with van der Waals surface area (Å²) in [7, 11) is 0. The van der Waals surface area contributed by atoms with Crippen LogP contribution in [-0.2, 0) is 0 Å². The van der Waals surface area contributed by atoms with Gasteiger partial charge in [-0.15, -0.1) is 0 Å². The van der Waals surface area contributed by atoms with Crippen LogP contribution in [0, 0.1) is 5.82 Å². The van der Waals surface area contributed by atoms with Crippen LogP contribution in [-0.4, -0.2) is 17.0 Å². The molecule has 0 unspecified atom stereocenters. The first-order valence-corrected chi connectivity index (χ1v) is 4.49. The number of hydrogen-bond donors (Lipinski definition) is 2. The Morgan fingerprint density at radius 2 is 2.21 bits per heavy atom. The number of nitrogens with zero attached hydrogens (tertiary/aromatic N) is 1. The molecule has 1 fully saturated rings. The molecule has 0 saturated heterocycles. The van der Waals surface area contributed by atoms with Gasteiger partial charge in [0.05, 0.1) is 6.04 Å². The van der Waals surface area contributed by atoms with E-state index < -0.39 is 5.82 Å². The van der Waals surface area contributed by atoms with Crippen molar-refractivity contribution in [1.29, 1.82) is 0 Å². The summed E-state index contributed by atoms with van der Waals surface area (Å²) in [5.41, 5.74) is 6.18. The molecule has 74 valence electrons. The highest BCUT2D eigenvalue weighted by molar-refractivity contribution is 5.97. The van der Waals surface area contributed by atoms with E-state index in [4.69, 9.17) is 10.8 Å². The molecular formula is C10H11FN2O. The Balaban J connectivity index is 2.27. The first-order valence-electron chi connectivity index (χ1n) is 4.49. The van der Waals surface area contributed by atoms with Crippen molar-refractivity contribution in [1.82, 2.24) is 0 Å². The normalized spacial score (nSPS) is 17.1. The number of hydrogen-bond acceptors (Lipinski definition) is 2. The van der Waals surface area contributed by atoms with E-state index in [-0.39, 0.29) is 5.75 Å². The van der Waals surface area contributed by atoms with Gasteiger partial charge in [0, 0.05) is 5.56 Å². The molecule has 4 heteroatoms. The number of benzene rings is 1. The van der Waals surface area contributed by atoms with Crippen molar-refractivity contribution < 1.29 is 9.50 Å². The molecule has 0 aromatic heterocycles. The van der Waals surface area contributed by atoms with Crippen molar-refractivity contribution in [2.75, 3.05) is 0 Å². The molecule has 1 aromatic rings. The molecule has 1 saturated carbocycles. The Hall–Kier alpha value is -1.58. The molecule has 0 atom stereocenters. The van der Waals surface area contributed by atoms with Crippen LogP contribution in [0.3, 0.4) is 0 Å². The average Bonchev–Trinajstić information content (AvgIpc) is 2.93. The van der Waals surface area contributed by atoms with Gasteiger partial charge in [0.2, 0.25) is 0 Å². The zero-order chi connectivity index (χ0) is 10.1. The van der Waals surface area contributed by atoms with Gasteiger partial charge in [0.1, 0.15) is 5.84 Å². The molecule has 1 aromatic carbocycles. The van der Waals surface area contributed by atoms with E-state index >= 15 is 0 Å². The van der Waals surface area contributed by atoms with Crippen LogP contribution in [0.4, 0.5) is 4.39 Å². The van der Waals surface area contributed by atoms with Gasteiger partial charge in [0.15, 0.2) is 11.6 Å². The van der Waals surface area contributed by atoms with Crippen molar-refractivity contribution in [3.05, 3.63) is 29.6 Å². The number of halogens is 1. The first-order chi connectivity index (χ1) is 6.66. The third-order valence-electron chi connectivity index (χ3n) is 2.11. The predicted octanol–water partition coefficient (Wildman–Crippen LogP) is 1.40. The molecule has 1 aliphatic carbocycles. The molecule has 2 rings (SSSR count). The fourth-order valence-corrected chi connectivity index (χ4v) is 1.14. The zero-order valence-corrected chi connectivity index (χ0v) is 7.57. The summed E-state index contributed by atoms with van der Waals surface area (Å²) >= 11 is 0. The van der Waals surface area contributed by atoms with Gasteiger partial charge >= 0.3 is 0 Å². The summed E-state index contributed by atoms with van der Waals surface area (Å²) in [5.74, 6) is -0.698. The van der Waals surface area contributed by atoms with E-state index in [1.807, 2.05) is 0 Å². The molecule has 14 heavy (non-hydrogen) atoms. The van der Waals surface area contributed by atoms with Crippen LogP contribution >= 0.6 is 0 Å². The van der Waals surface area contributed by atoms with E-state index in [1.54, 1.807) is 6.07 Å². The second-order valence-corrected chi connectivity index (χ2v) is 3.41.